The average molecular weight is 570 g/mol. The first kappa shape index (κ1) is 30.2. The third-order valence-electron chi connectivity index (χ3n) is 6.60. The number of carbonyl (C=O) groups excluding carboxylic acids is 2. The molecule has 0 bridgehead atoms. The van der Waals surface area contributed by atoms with Gasteiger partial charge in [-0.2, -0.15) is 0 Å². The van der Waals surface area contributed by atoms with E-state index in [0.29, 0.717) is 17.3 Å². The molecule has 0 fully saturated rings. The molecule has 9 heteroatoms. The number of aryl methyl sites for hydroxylation is 2. The van der Waals surface area contributed by atoms with Crippen molar-refractivity contribution in [1.82, 2.24) is 10.2 Å². The van der Waals surface area contributed by atoms with Crippen molar-refractivity contribution >= 4 is 39.1 Å². The molecule has 0 aliphatic rings. The monoisotopic (exact) mass is 569 g/mol. The van der Waals surface area contributed by atoms with Gasteiger partial charge >= 0.3 is 0 Å². The van der Waals surface area contributed by atoms with E-state index in [4.69, 9.17) is 11.6 Å². The first-order valence-electron chi connectivity index (χ1n) is 13.0. The quantitative estimate of drug-likeness (QED) is 0.292. The third-order valence-corrected chi connectivity index (χ3v) is 8.64. The molecule has 208 valence electrons. The Morgan fingerprint density at radius 2 is 1.59 bits per heavy atom. The van der Waals surface area contributed by atoms with Crippen LogP contribution in [0.25, 0.3) is 0 Å². The predicted octanol–water partition coefficient (Wildman–Crippen LogP) is 5.49. The lowest BCUT2D eigenvalue weighted by Crippen LogP contribution is -2.51. The van der Waals surface area contributed by atoms with Crippen LogP contribution in [0.2, 0.25) is 5.02 Å². The van der Waals surface area contributed by atoms with E-state index in [1.807, 2.05) is 45.0 Å². The van der Waals surface area contributed by atoms with Gasteiger partial charge in [-0.15, -0.1) is 0 Å². The Bertz CT molecular complexity index is 1380. The van der Waals surface area contributed by atoms with Crippen LogP contribution in [0.15, 0.2) is 77.7 Å². The van der Waals surface area contributed by atoms with Crippen molar-refractivity contribution in [3.05, 3.63) is 94.5 Å². The van der Waals surface area contributed by atoms with Gasteiger partial charge in [0, 0.05) is 18.1 Å². The summed E-state index contributed by atoms with van der Waals surface area (Å²) in [5.74, 6) is -0.785. The highest BCUT2D eigenvalue weighted by Crippen LogP contribution is 2.26. The second-order valence-electron chi connectivity index (χ2n) is 9.57. The molecule has 0 heterocycles. The van der Waals surface area contributed by atoms with Gasteiger partial charge < -0.3 is 10.2 Å². The molecular weight excluding hydrogens is 534 g/mol. The SMILES string of the molecule is CCCCNC(=O)[C@@H](C)N(Cc1ccccc1C)C(=O)CN(c1ccc(Cl)cc1)S(=O)(=O)c1ccc(C)cc1. The summed E-state index contributed by atoms with van der Waals surface area (Å²) < 4.78 is 28.7. The normalized spacial score (nSPS) is 12.0. The third kappa shape index (κ3) is 7.83. The van der Waals surface area contributed by atoms with Crippen LogP contribution in [0.1, 0.15) is 43.4 Å². The van der Waals surface area contributed by atoms with Gasteiger partial charge in [-0.3, -0.25) is 13.9 Å². The average Bonchev–Trinajstić information content (AvgIpc) is 2.91. The molecule has 3 aromatic carbocycles. The van der Waals surface area contributed by atoms with Crippen LogP contribution < -0.4 is 9.62 Å². The Labute approximate surface area is 236 Å². The van der Waals surface area contributed by atoms with E-state index >= 15 is 0 Å². The molecule has 0 aliphatic heterocycles. The second-order valence-corrected chi connectivity index (χ2v) is 11.9. The fourth-order valence-electron chi connectivity index (χ4n) is 4.06. The topological polar surface area (TPSA) is 86.8 Å². The molecule has 0 saturated heterocycles. The number of carbonyl (C=O) groups is 2. The maximum Gasteiger partial charge on any atom is 0.264 e. The highest BCUT2D eigenvalue weighted by Gasteiger charge is 2.32. The Morgan fingerprint density at radius 3 is 2.21 bits per heavy atom. The van der Waals surface area contributed by atoms with Crippen LogP contribution in [0.3, 0.4) is 0 Å². The first-order chi connectivity index (χ1) is 18.5. The van der Waals surface area contributed by atoms with Crippen LogP contribution in [0.4, 0.5) is 5.69 Å². The highest BCUT2D eigenvalue weighted by molar-refractivity contribution is 7.92. The first-order valence-corrected chi connectivity index (χ1v) is 14.8. The summed E-state index contributed by atoms with van der Waals surface area (Å²) in [7, 11) is -4.11. The molecule has 0 aromatic heterocycles. The van der Waals surface area contributed by atoms with Gasteiger partial charge in [0.1, 0.15) is 12.6 Å². The lowest BCUT2D eigenvalue weighted by atomic mass is 10.1. The van der Waals surface area contributed by atoms with E-state index < -0.39 is 28.5 Å². The molecule has 0 spiro atoms. The Balaban J connectivity index is 2.00. The van der Waals surface area contributed by atoms with Crippen molar-refractivity contribution in [2.75, 3.05) is 17.4 Å². The minimum absolute atomic E-state index is 0.0617. The summed E-state index contributed by atoms with van der Waals surface area (Å²) in [5, 5.41) is 3.33. The van der Waals surface area contributed by atoms with Gasteiger partial charge in [0.25, 0.3) is 10.0 Å². The summed E-state index contributed by atoms with van der Waals surface area (Å²) in [6, 6.07) is 19.5. The summed E-state index contributed by atoms with van der Waals surface area (Å²) >= 11 is 6.07. The zero-order valence-electron chi connectivity index (χ0n) is 22.9. The molecule has 0 saturated carbocycles. The highest BCUT2D eigenvalue weighted by atomic mass is 35.5. The fourth-order valence-corrected chi connectivity index (χ4v) is 5.60. The second kappa shape index (κ2) is 13.6. The van der Waals surface area contributed by atoms with Crippen molar-refractivity contribution in [2.45, 2.75) is 58.0 Å². The van der Waals surface area contributed by atoms with Crippen molar-refractivity contribution < 1.29 is 18.0 Å². The predicted molar refractivity (Wildman–Crippen MR) is 156 cm³/mol. The van der Waals surface area contributed by atoms with E-state index in [0.717, 1.165) is 33.8 Å². The smallest absolute Gasteiger partial charge is 0.264 e. The maximum absolute atomic E-state index is 13.9. The van der Waals surface area contributed by atoms with Crippen LogP contribution in [-0.4, -0.2) is 44.3 Å². The molecule has 1 N–H and O–H groups in total. The lowest BCUT2D eigenvalue weighted by molar-refractivity contribution is -0.139. The van der Waals surface area contributed by atoms with Crippen molar-refractivity contribution in [3.63, 3.8) is 0 Å². The summed E-state index contributed by atoms with van der Waals surface area (Å²) in [5.41, 5.74) is 3.05. The molecule has 1 atom stereocenters. The van der Waals surface area contributed by atoms with Crippen LogP contribution >= 0.6 is 11.6 Å². The number of unbranched alkanes of at least 4 members (excludes halogenated alkanes) is 1. The van der Waals surface area contributed by atoms with Gasteiger partial charge in [-0.05, 0) is 74.7 Å². The number of nitrogens with one attached hydrogen (secondary N) is 1. The van der Waals surface area contributed by atoms with E-state index in [-0.39, 0.29) is 17.3 Å². The van der Waals surface area contributed by atoms with Crippen molar-refractivity contribution in [1.29, 1.82) is 0 Å². The van der Waals surface area contributed by atoms with Crippen molar-refractivity contribution in [2.24, 2.45) is 0 Å². The Hall–Kier alpha value is -3.36. The van der Waals surface area contributed by atoms with E-state index in [2.05, 4.69) is 5.32 Å². The molecule has 7 nitrogen and oxygen atoms in total. The summed E-state index contributed by atoms with van der Waals surface area (Å²) in [6.45, 7) is 7.68. The van der Waals surface area contributed by atoms with Crippen LogP contribution in [0, 0.1) is 13.8 Å². The zero-order chi connectivity index (χ0) is 28.6. The Morgan fingerprint density at radius 1 is 0.949 bits per heavy atom. The molecule has 2 amide bonds. The standard InChI is InChI=1S/C30H36ClN3O4S/c1-5-6-19-32-30(36)24(4)33(20-25-10-8-7-9-23(25)3)29(35)21-34(27-15-13-26(31)14-16-27)39(37,38)28-17-11-22(2)12-18-28/h7-18,24H,5-6,19-21H2,1-4H3,(H,32,36)/t24-/m1/s1. The molecule has 0 aliphatic carbocycles. The number of hydrogen-bond acceptors (Lipinski definition) is 4. The van der Waals surface area contributed by atoms with Gasteiger partial charge in [-0.25, -0.2) is 8.42 Å². The van der Waals surface area contributed by atoms with Gasteiger partial charge in [0.15, 0.2) is 0 Å². The number of amides is 2. The summed E-state index contributed by atoms with van der Waals surface area (Å²) in [4.78, 5) is 28.5. The molecule has 3 aromatic rings. The van der Waals surface area contributed by atoms with Gasteiger partial charge in [-0.1, -0.05) is 66.9 Å². The molecule has 0 unspecified atom stereocenters. The number of hydrogen-bond donors (Lipinski definition) is 1. The lowest BCUT2D eigenvalue weighted by Gasteiger charge is -2.32. The number of anilines is 1. The van der Waals surface area contributed by atoms with Crippen LogP contribution in [-0.2, 0) is 26.2 Å². The largest absolute Gasteiger partial charge is 0.354 e. The zero-order valence-corrected chi connectivity index (χ0v) is 24.4. The van der Waals surface area contributed by atoms with E-state index in [1.54, 1.807) is 43.3 Å². The number of sulfonamides is 1. The molecule has 0 radical (unpaired) electrons. The minimum atomic E-state index is -4.11. The minimum Gasteiger partial charge on any atom is -0.354 e. The summed E-state index contributed by atoms with van der Waals surface area (Å²) in [6.07, 6.45) is 1.75. The number of rotatable bonds is 12. The van der Waals surface area contributed by atoms with Crippen molar-refractivity contribution in [3.8, 4) is 0 Å². The van der Waals surface area contributed by atoms with Gasteiger partial charge in [0.2, 0.25) is 11.8 Å². The maximum atomic E-state index is 13.9. The van der Waals surface area contributed by atoms with Crippen LogP contribution in [0.5, 0.6) is 0 Å². The van der Waals surface area contributed by atoms with E-state index in [1.165, 1.54) is 17.0 Å². The fraction of sp³-hybridized carbons (Fsp3) is 0.333. The van der Waals surface area contributed by atoms with Gasteiger partial charge in [0.05, 0.1) is 10.6 Å². The molecule has 3 rings (SSSR count). The molecule has 39 heavy (non-hydrogen) atoms. The number of halogens is 1. The Kier molecular flexibility index (Phi) is 10.5. The number of nitrogens with zero attached hydrogens (tertiary/aromatic N) is 2. The number of benzene rings is 3. The molecular formula is C30H36ClN3O4S. The van der Waals surface area contributed by atoms with E-state index in [9.17, 15) is 18.0 Å².